The molecule has 2 aromatic rings. The first-order valence-electron chi connectivity index (χ1n) is 6.68. The summed E-state index contributed by atoms with van der Waals surface area (Å²) in [6.07, 6.45) is 0. The molecule has 0 bridgehead atoms. The zero-order chi connectivity index (χ0) is 14.3. The molecule has 0 atom stereocenters. The van der Waals surface area contributed by atoms with Gasteiger partial charge in [-0.15, -0.1) is 0 Å². The Hall–Kier alpha value is -2.30. The van der Waals surface area contributed by atoms with E-state index in [1.165, 1.54) is 6.92 Å². The number of amides is 2. The zero-order valence-electron chi connectivity index (χ0n) is 11.6. The molecule has 1 aromatic heterocycles. The predicted octanol–water partition coefficient (Wildman–Crippen LogP) is 1.89. The van der Waals surface area contributed by atoms with Gasteiger partial charge in [-0.05, 0) is 31.2 Å². The van der Waals surface area contributed by atoms with E-state index in [1.54, 1.807) is 4.90 Å². The molecule has 1 aromatic carbocycles. The van der Waals surface area contributed by atoms with Crippen LogP contribution in [0.3, 0.4) is 0 Å². The van der Waals surface area contributed by atoms with Crippen molar-refractivity contribution in [3.8, 4) is 0 Å². The number of aromatic amines is 1. The smallest absolute Gasteiger partial charge is 0.231 e. The van der Waals surface area contributed by atoms with Gasteiger partial charge in [0.25, 0.3) is 0 Å². The monoisotopic (exact) mass is 271 g/mol. The Bertz CT molecular complexity index is 683. The quantitative estimate of drug-likeness (QED) is 0.876. The fourth-order valence-corrected chi connectivity index (χ4v) is 2.50. The maximum absolute atomic E-state index is 12.0. The van der Waals surface area contributed by atoms with Gasteiger partial charge in [-0.3, -0.25) is 9.59 Å². The Morgan fingerprint density at radius 1 is 1.30 bits per heavy atom. The lowest BCUT2D eigenvalue weighted by atomic mass is 9.99. The van der Waals surface area contributed by atoms with Crippen molar-refractivity contribution in [2.24, 2.45) is 5.92 Å². The minimum absolute atomic E-state index is 0.0193. The van der Waals surface area contributed by atoms with Crippen molar-refractivity contribution in [2.45, 2.75) is 13.8 Å². The molecular weight excluding hydrogens is 254 g/mol. The molecule has 20 heavy (non-hydrogen) atoms. The van der Waals surface area contributed by atoms with Crippen LogP contribution in [0.1, 0.15) is 12.6 Å². The minimum Gasteiger partial charge on any atom is -0.359 e. The lowest BCUT2D eigenvalue weighted by molar-refractivity contribution is -0.139. The SMILES string of the molecule is CC(=O)N1CC(C(=O)Nc2ccc3[nH]c(C)cc3c2)C1. The summed E-state index contributed by atoms with van der Waals surface area (Å²) in [5.74, 6) is -0.0880. The Morgan fingerprint density at radius 2 is 2.05 bits per heavy atom. The standard InChI is InChI=1S/C15H17N3O2/c1-9-5-11-6-13(3-4-14(11)16-9)17-15(20)12-7-18(8-12)10(2)19/h3-6,12,16H,7-8H2,1-2H3,(H,17,20). The number of carbonyl (C=O) groups is 2. The maximum atomic E-state index is 12.0. The molecule has 5 nitrogen and oxygen atoms in total. The van der Waals surface area contributed by atoms with E-state index in [4.69, 9.17) is 0 Å². The van der Waals surface area contributed by atoms with Crippen LogP contribution in [0.5, 0.6) is 0 Å². The number of rotatable bonds is 2. The highest BCUT2D eigenvalue weighted by Crippen LogP contribution is 2.22. The first-order valence-corrected chi connectivity index (χ1v) is 6.68. The van der Waals surface area contributed by atoms with Crippen LogP contribution in [-0.4, -0.2) is 34.8 Å². The number of carbonyl (C=O) groups excluding carboxylic acids is 2. The summed E-state index contributed by atoms with van der Waals surface area (Å²) in [6.45, 7) is 4.57. The predicted molar refractivity (Wildman–Crippen MR) is 77.4 cm³/mol. The number of anilines is 1. The Kier molecular flexibility index (Phi) is 2.97. The summed E-state index contributed by atoms with van der Waals surface area (Å²) >= 11 is 0. The van der Waals surface area contributed by atoms with Crippen LogP contribution in [0, 0.1) is 12.8 Å². The van der Waals surface area contributed by atoms with Crippen molar-refractivity contribution in [2.75, 3.05) is 18.4 Å². The fraction of sp³-hybridized carbons (Fsp3) is 0.333. The molecule has 2 amide bonds. The van der Waals surface area contributed by atoms with E-state index in [0.29, 0.717) is 13.1 Å². The number of hydrogen-bond acceptors (Lipinski definition) is 2. The van der Waals surface area contributed by atoms with Crippen molar-refractivity contribution in [1.29, 1.82) is 0 Å². The molecule has 3 rings (SSSR count). The second-order valence-electron chi connectivity index (χ2n) is 5.36. The summed E-state index contributed by atoms with van der Waals surface area (Å²) in [6, 6.07) is 7.85. The fourth-order valence-electron chi connectivity index (χ4n) is 2.50. The second-order valence-corrected chi connectivity index (χ2v) is 5.36. The van der Waals surface area contributed by atoms with Gasteiger partial charge < -0.3 is 15.2 Å². The van der Waals surface area contributed by atoms with E-state index < -0.39 is 0 Å². The van der Waals surface area contributed by atoms with E-state index in [-0.39, 0.29) is 17.7 Å². The van der Waals surface area contributed by atoms with Crippen molar-refractivity contribution in [3.05, 3.63) is 30.0 Å². The molecule has 0 unspecified atom stereocenters. The third-order valence-corrected chi connectivity index (χ3v) is 3.72. The van der Waals surface area contributed by atoms with Crippen molar-refractivity contribution in [3.63, 3.8) is 0 Å². The molecular formula is C15H17N3O2. The van der Waals surface area contributed by atoms with E-state index >= 15 is 0 Å². The zero-order valence-corrected chi connectivity index (χ0v) is 11.6. The third-order valence-electron chi connectivity index (χ3n) is 3.72. The highest BCUT2D eigenvalue weighted by Gasteiger charge is 2.34. The second kappa shape index (κ2) is 4.67. The number of likely N-dealkylation sites (tertiary alicyclic amines) is 1. The Labute approximate surface area is 117 Å². The van der Waals surface area contributed by atoms with Gasteiger partial charge in [0.2, 0.25) is 11.8 Å². The highest BCUT2D eigenvalue weighted by atomic mass is 16.2. The minimum atomic E-state index is -0.0949. The molecule has 1 fully saturated rings. The summed E-state index contributed by atoms with van der Waals surface area (Å²) in [4.78, 5) is 28.1. The number of benzene rings is 1. The van der Waals surface area contributed by atoms with Gasteiger partial charge in [0.15, 0.2) is 0 Å². The molecule has 0 spiro atoms. The maximum Gasteiger partial charge on any atom is 0.231 e. The number of nitrogens with zero attached hydrogens (tertiary/aromatic N) is 1. The van der Waals surface area contributed by atoms with Gasteiger partial charge in [0, 0.05) is 42.3 Å². The van der Waals surface area contributed by atoms with E-state index in [9.17, 15) is 9.59 Å². The molecule has 5 heteroatoms. The topological polar surface area (TPSA) is 65.2 Å². The van der Waals surface area contributed by atoms with Crippen LogP contribution in [0.15, 0.2) is 24.3 Å². The van der Waals surface area contributed by atoms with Crippen molar-refractivity contribution < 1.29 is 9.59 Å². The molecule has 0 aliphatic carbocycles. The lowest BCUT2D eigenvalue weighted by Gasteiger charge is -2.37. The first kappa shape index (κ1) is 12.7. The summed E-state index contributed by atoms with van der Waals surface area (Å²) in [7, 11) is 0. The molecule has 0 radical (unpaired) electrons. The van der Waals surface area contributed by atoms with E-state index in [0.717, 1.165) is 22.3 Å². The average Bonchev–Trinajstić information content (AvgIpc) is 2.65. The molecule has 0 saturated carbocycles. The molecule has 104 valence electrons. The largest absolute Gasteiger partial charge is 0.359 e. The van der Waals surface area contributed by atoms with Crippen LogP contribution in [0.25, 0.3) is 10.9 Å². The highest BCUT2D eigenvalue weighted by molar-refractivity contribution is 5.96. The van der Waals surface area contributed by atoms with Crippen LogP contribution >= 0.6 is 0 Å². The van der Waals surface area contributed by atoms with Crippen LogP contribution in [0.4, 0.5) is 5.69 Å². The van der Waals surface area contributed by atoms with Crippen LogP contribution in [-0.2, 0) is 9.59 Å². The van der Waals surface area contributed by atoms with Crippen LogP contribution < -0.4 is 5.32 Å². The molecule has 1 saturated heterocycles. The molecule has 2 heterocycles. The van der Waals surface area contributed by atoms with Gasteiger partial charge in [0.1, 0.15) is 0 Å². The van der Waals surface area contributed by atoms with Gasteiger partial charge in [-0.1, -0.05) is 0 Å². The number of H-pyrrole nitrogens is 1. The number of aromatic nitrogens is 1. The van der Waals surface area contributed by atoms with Gasteiger partial charge in [0.05, 0.1) is 5.92 Å². The number of fused-ring (bicyclic) bond motifs is 1. The first-order chi connectivity index (χ1) is 9.52. The molecule has 1 aliphatic heterocycles. The molecule has 1 aliphatic rings. The van der Waals surface area contributed by atoms with Gasteiger partial charge in [-0.25, -0.2) is 0 Å². The Balaban J connectivity index is 1.67. The number of nitrogens with one attached hydrogen (secondary N) is 2. The normalized spacial score (nSPS) is 15.2. The summed E-state index contributed by atoms with van der Waals surface area (Å²) in [5, 5.41) is 4.00. The van der Waals surface area contributed by atoms with Crippen molar-refractivity contribution >= 4 is 28.4 Å². The number of hydrogen-bond donors (Lipinski definition) is 2. The van der Waals surface area contributed by atoms with Gasteiger partial charge >= 0.3 is 0 Å². The molecule has 2 N–H and O–H groups in total. The van der Waals surface area contributed by atoms with Gasteiger partial charge in [-0.2, -0.15) is 0 Å². The lowest BCUT2D eigenvalue weighted by Crippen LogP contribution is -2.53. The third kappa shape index (κ3) is 2.27. The average molecular weight is 271 g/mol. The van der Waals surface area contributed by atoms with Crippen LogP contribution in [0.2, 0.25) is 0 Å². The van der Waals surface area contributed by atoms with E-state index in [1.807, 2.05) is 31.2 Å². The van der Waals surface area contributed by atoms with Crippen molar-refractivity contribution in [1.82, 2.24) is 9.88 Å². The number of aryl methyl sites for hydroxylation is 1. The summed E-state index contributed by atoms with van der Waals surface area (Å²) < 4.78 is 0. The summed E-state index contributed by atoms with van der Waals surface area (Å²) in [5.41, 5.74) is 2.95. The van der Waals surface area contributed by atoms with E-state index in [2.05, 4.69) is 10.3 Å². The Morgan fingerprint density at radius 3 is 2.75 bits per heavy atom.